The van der Waals surface area contributed by atoms with Gasteiger partial charge in [0.05, 0.1) is 5.69 Å². The molecule has 1 amide bonds. The molecule has 0 bridgehead atoms. The highest BCUT2D eigenvalue weighted by molar-refractivity contribution is 6.01. The molecule has 1 aliphatic rings. The number of aryl methyl sites for hydroxylation is 1. The Morgan fingerprint density at radius 1 is 1.21 bits per heavy atom. The Morgan fingerprint density at radius 2 is 2.00 bits per heavy atom. The lowest BCUT2D eigenvalue weighted by Gasteiger charge is -2.12. The summed E-state index contributed by atoms with van der Waals surface area (Å²) in [5, 5.41) is 2.69. The van der Waals surface area contributed by atoms with E-state index < -0.39 is 0 Å². The van der Waals surface area contributed by atoms with E-state index in [9.17, 15) is 14.0 Å². The summed E-state index contributed by atoms with van der Waals surface area (Å²) in [5.41, 5.74) is 5.23. The number of amides is 1. The summed E-state index contributed by atoms with van der Waals surface area (Å²) in [4.78, 5) is 31.6. The van der Waals surface area contributed by atoms with Gasteiger partial charge in [-0.2, -0.15) is 0 Å². The number of hydrogen-bond acceptors (Lipinski definition) is 3. The number of carbonyl (C=O) groups is 2. The molecule has 6 heteroatoms. The number of benzene rings is 1. The van der Waals surface area contributed by atoms with Crippen LogP contribution in [0.15, 0.2) is 42.6 Å². The molecule has 142 valence electrons. The first-order valence-electron chi connectivity index (χ1n) is 9.26. The van der Waals surface area contributed by atoms with Crippen molar-refractivity contribution in [2.75, 3.05) is 5.32 Å². The fraction of sp³-hybridized carbons (Fsp3) is 0.227. The average Bonchev–Trinajstić information content (AvgIpc) is 3.03. The van der Waals surface area contributed by atoms with Gasteiger partial charge in [0.15, 0.2) is 5.78 Å². The first-order valence-corrected chi connectivity index (χ1v) is 9.26. The molecule has 0 atom stereocenters. The van der Waals surface area contributed by atoms with Gasteiger partial charge >= 0.3 is 0 Å². The second-order valence-electron chi connectivity index (χ2n) is 7.02. The fourth-order valence-corrected chi connectivity index (χ4v) is 3.74. The van der Waals surface area contributed by atoms with Crippen LogP contribution in [0.5, 0.6) is 0 Å². The van der Waals surface area contributed by atoms with Crippen molar-refractivity contribution in [3.8, 4) is 11.3 Å². The lowest BCUT2D eigenvalue weighted by molar-refractivity contribution is -0.114. The zero-order valence-electron chi connectivity index (χ0n) is 15.5. The van der Waals surface area contributed by atoms with E-state index in [-0.39, 0.29) is 17.5 Å². The molecule has 2 heterocycles. The molecule has 3 aromatic rings. The molecule has 0 radical (unpaired) electrons. The Morgan fingerprint density at radius 3 is 2.75 bits per heavy atom. The van der Waals surface area contributed by atoms with Crippen LogP contribution in [-0.2, 0) is 17.6 Å². The standard InChI is InChI=1S/C22H20FN3O2/c1-13(27)25-20-12-15(9-10-24-20)22-17(11-14-5-7-16(23)8-6-14)21-18(26-22)3-2-4-19(21)28/h5-10,12,26H,2-4,11H2,1H3,(H,24,25,27). The summed E-state index contributed by atoms with van der Waals surface area (Å²) in [6.45, 7) is 1.43. The van der Waals surface area contributed by atoms with Crippen molar-refractivity contribution < 1.29 is 14.0 Å². The van der Waals surface area contributed by atoms with E-state index in [4.69, 9.17) is 0 Å². The molecule has 2 aromatic heterocycles. The van der Waals surface area contributed by atoms with Crippen molar-refractivity contribution in [3.63, 3.8) is 0 Å². The van der Waals surface area contributed by atoms with Gasteiger partial charge in [0, 0.05) is 42.8 Å². The third kappa shape index (κ3) is 3.58. The normalized spacial score (nSPS) is 13.3. The Hall–Kier alpha value is -3.28. The van der Waals surface area contributed by atoms with E-state index in [1.165, 1.54) is 19.1 Å². The van der Waals surface area contributed by atoms with Gasteiger partial charge in [-0.3, -0.25) is 9.59 Å². The Balaban J connectivity index is 1.82. The van der Waals surface area contributed by atoms with Crippen molar-refractivity contribution in [2.24, 2.45) is 0 Å². The van der Waals surface area contributed by atoms with E-state index in [2.05, 4.69) is 15.3 Å². The van der Waals surface area contributed by atoms with Gasteiger partial charge in [0.2, 0.25) is 5.91 Å². The van der Waals surface area contributed by atoms with E-state index >= 15 is 0 Å². The first-order chi connectivity index (χ1) is 13.5. The third-order valence-corrected chi connectivity index (χ3v) is 4.94. The number of nitrogens with one attached hydrogen (secondary N) is 2. The fourth-order valence-electron chi connectivity index (χ4n) is 3.74. The highest BCUT2D eigenvalue weighted by atomic mass is 19.1. The number of rotatable bonds is 4. The van der Waals surface area contributed by atoms with E-state index in [1.54, 1.807) is 24.4 Å². The monoisotopic (exact) mass is 377 g/mol. The minimum absolute atomic E-state index is 0.136. The lowest BCUT2D eigenvalue weighted by atomic mass is 9.90. The summed E-state index contributed by atoms with van der Waals surface area (Å²) < 4.78 is 13.3. The quantitative estimate of drug-likeness (QED) is 0.712. The summed E-state index contributed by atoms with van der Waals surface area (Å²) in [5.74, 6) is 0.107. The zero-order valence-corrected chi connectivity index (χ0v) is 15.5. The number of aromatic amines is 1. The second-order valence-corrected chi connectivity index (χ2v) is 7.02. The maximum absolute atomic E-state index is 13.3. The maximum Gasteiger partial charge on any atom is 0.222 e. The van der Waals surface area contributed by atoms with Crippen LogP contribution in [0.2, 0.25) is 0 Å². The van der Waals surface area contributed by atoms with Gasteiger partial charge in [0.1, 0.15) is 11.6 Å². The van der Waals surface area contributed by atoms with Crippen molar-refractivity contribution in [2.45, 2.75) is 32.6 Å². The number of carbonyl (C=O) groups excluding carboxylic acids is 2. The average molecular weight is 377 g/mol. The lowest BCUT2D eigenvalue weighted by Crippen LogP contribution is -2.11. The molecule has 0 unspecified atom stereocenters. The molecule has 1 aromatic carbocycles. The molecule has 0 saturated heterocycles. The summed E-state index contributed by atoms with van der Waals surface area (Å²) in [6, 6.07) is 9.97. The summed E-state index contributed by atoms with van der Waals surface area (Å²) in [7, 11) is 0. The van der Waals surface area contributed by atoms with Crippen LogP contribution in [0.1, 0.15) is 46.9 Å². The maximum atomic E-state index is 13.3. The molecule has 1 aliphatic carbocycles. The Kier molecular flexibility index (Phi) is 4.77. The van der Waals surface area contributed by atoms with Crippen LogP contribution in [0.3, 0.4) is 0 Å². The van der Waals surface area contributed by atoms with Crippen molar-refractivity contribution in [1.29, 1.82) is 0 Å². The number of Topliss-reactive ketones (excluding diaryl/α,β-unsaturated/α-hetero) is 1. The highest BCUT2D eigenvalue weighted by Crippen LogP contribution is 2.35. The highest BCUT2D eigenvalue weighted by Gasteiger charge is 2.26. The third-order valence-electron chi connectivity index (χ3n) is 4.94. The van der Waals surface area contributed by atoms with Crippen LogP contribution in [0, 0.1) is 5.82 Å². The number of aromatic nitrogens is 2. The topological polar surface area (TPSA) is 74.8 Å². The predicted molar refractivity (Wildman–Crippen MR) is 105 cm³/mol. The predicted octanol–water partition coefficient (Wildman–Crippen LogP) is 4.28. The Labute approximate surface area is 162 Å². The molecular weight excluding hydrogens is 357 g/mol. The van der Waals surface area contributed by atoms with Gasteiger partial charge in [-0.05, 0) is 48.2 Å². The van der Waals surface area contributed by atoms with Crippen molar-refractivity contribution in [3.05, 3.63) is 70.8 Å². The number of pyridine rings is 1. The van der Waals surface area contributed by atoms with E-state index in [0.29, 0.717) is 18.7 Å². The molecule has 0 saturated carbocycles. The molecule has 28 heavy (non-hydrogen) atoms. The smallest absolute Gasteiger partial charge is 0.222 e. The van der Waals surface area contributed by atoms with E-state index in [1.807, 2.05) is 6.07 Å². The van der Waals surface area contributed by atoms with Crippen LogP contribution >= 0.6 is 0 Å². The largest absolute Gasteiger partial charge is 0.358 e. The second kappa shape index (κ2) is 7.38. The summed E-state index contributed by atoms with van der Waals surface area (Å²) >= 11 is 0. The molecule has 4 rings (SSSR count). The molecular formula is C22H20FN3O2. The number of nitrogens with zero attached hydrogens (tertiary/aromatic N) is 1. The van der Waals surface area contributed by atoms with E-state index in [0.717, 1.165) is 46.5 Å². The van der Waals surface area contributed by atoms with Crippen molar-refractivity contribution >= 4 is 17.5 Å². The number of H-pyrrole nitrogens is 1. The number of fused-ring (bicyclic) bond motifs is 1. The van der Waals surface area contributed by atoms with Gasteiger partial charge in [-0.15, -0.1) is 0 Å². The molecule has 0 fully saturated rings. The number of halogens is 1. The van der Waals surface area contributed by atoms with Gasteiger partial charge in [-0.25, -0.2) is 9.37 Å². The van der Waals surface area contributed by atoms with Gasteiger partial charge in [-0.1, -0.05) is 12.1 Å². The van der Waals surface area contributed by atoms with Gasteiger partial charge < -0.3 is 10.3 Å². The summed E-state index contributed by atoms with van der Waals surface area (Å²) in [6.07, 6.45) is 4.33. The Bertz CT molecular complexity index is 1050. The minimum Gasteiger partial charge on any atom is -0.358 e. The molecule has 2 N–H and O–H groups in total. The SMILES string of the molecule is CC(=O)Nc1cc(-c2[nH]c3c(c2Cc2ccc(F)cc2)C(=O)CCC3)ccn1. The van der Waals surface area contributed by atoms with Crippen LogP contribution in [0.4, 0.5) is 10.2 Å². The molecule has 0 aliphatic heterocycles. The molecule has 5 nitrogen and oxygen atoms in total. The minimum atomic E-state index is -0.287. The zero-order chi connectivity index (χ0) is 19.7. The number of ketones is 1. The van der Waals surface area contributed by atoms with Crippen LogP contribution < -0.4 is 5.32 Å². The van der Waals surface area contributed by atoms with Crippen molar-refractivity contribution in [1.82, 2.24) is 9.97 Å². The van der Waals surface area contributed by atoms with Crippen LogP contribution in [-0.4, -0.2) is 21.7 Å². The van der Waals surface area contributed by atoms with Gasteiger partial charge in [0.25, 0.3) is 0 Å². The number of hydrogen-bond donors (Lipinski definition) is 2. The molecule has 0 spiro atoms. The number of anilines is 1. The first kappa shape index (κ1) is 18.1. The van der Waals surface area contributed by atoms with Crippen LogP contribution in [0.25, 0.3) is 11.3 Å².